The zero-order valence-electron chi connectivity index (χ0n) is 10.7. The smallest absolute Gasteiger partial charge is 0.334 e. The van der Waals surface area contributed by atoms with Crippen LogP contribution in [-0.2, 0) is 23.9 Å². The van der Waals surface area contributed by atoms with Gasteiger partial charge in [-0.25, -0.2) is 4.79 Å². The van der Waals surface area contributed by atoms with Gasteiger partial charge in [0.1, 0.15) is 5.92 Å². The van der Waals surface area contributed by atoms with E-state index in [1.807, 2.05) is 0 Å². The standard InChI is InChI=1S/C13H18O5/c1-17-12(15)9-7-5-3-4-6-8-10(14)11(9)13(16)18-2/h7,11H,3-6,8H2,1-2H3/b9-7-/t11-/m0/s1. The normalized spacial score (nSPS) is 24.0. The van der Waals surface area contributed by atoms with Crippen LogP contribution in [0.3, 0.4) is 0 Å². The third-order valence-electron chi connectivity index (χ3n) is 2.98. The van der Waals surface area contributed by atoms with Gasteiger partial charge in [-0.3, -0.25) is 9.59 Å². The van der Waals surface area contributed by atoms with Gasteiger partial charge in [-0.1, -0.05) is 12.5 Å². The van der Waals surface area contributed by atoms with Crippen LogP contribution >= 0.6 is 0 Å². The van der Waals surface area contributed by atoms with Gasteiger partial charge in [0, 0.05) is 6.42 Å². The lowest BCUT2D eigenvalue weighted by atomic mass is 9.92. The number of Topliss-reactive ketones (excluding diaryl/α,β-unsaturated/α-hetero) is 1. The minimum absolute atomic E-state index is 0.108. The number of esters is 2. The summed E-state index contributed by atoms with van der Waals surface area (Å²) in [4.78, 5) is 35.4. The van der Waals surface area contributed by atoms with Gasteiger partial charge in [-0.2, -0.15) is 0 Å². The maximum absolute atomic E-state index is 12.0. The molecule has 1 aliphatic carbocycles. The van der Waals surface area contributed by atoms with Crippen molar-refractivity contribution >= 4 is 17.7 Å². The maximum atomic E-state index is 12.0. The largest absolute Gasteiger partial charge is 0.468 e. The van der Waals surface area contributed by atoms with Gasteiger partial charge in [-0.15, -0.1) is 0 Å². The first kappa shape index (κ1) is 14.4. The molecule has 0 radical (unpaired) electrons. The molecule has 0 aliphatic heterocycles. The van der Waals surface area contributed by atoms with Crippen LogP contribution < -0.4 is 0 Å². The Kier molecular flexibility index (Phi) is 5.55. The van der Waals surface area contributed by atoms with Crippen molar-refractivity contribution in [2.75, 3.05) is 14.2 Å². The van der Waals surface area contributed by atoms with Crippen molar-refractivity contribution in [1.29, 1.82) is 0 Å². The van der Waals surface area contributed by atoms with Gasteiger partial charge in [-0.05, 0) is 19.3 Å². The van der Waals surface area contributed by atoms with E-state index in [4.69, 9.17) is 0 Å². The van der Waals surface area contributed by atoms with E-state index >= 15 is 0 Å². The molecule has 0 amide bonds. The van der Waals surface area contributed by atoms with Crippen molar-refractivity contribution < 1.29 is 23.9 Å². The van der Waals surface area contributed by atoms with Gasteiger partial charge in [0.2, 0.25) is 0 Å². The quantitative estimate of drug-likeness (QED) is 0.550. The monoisotopic (exact) mass is 254 g/mol. The van der Waals surface area contributed by atoms with Crippen molar-refractivity contribution in [2.24, 2.45) is 5.92 Å². The first-order valence-corrected chi connectivity index (χ1v) is 6.00. The molecule has 0 aromatic carbocycles. The summed E-state index contributed by atoms with van der Waals surface area (Å²) in [5.74, 6) is -2.75. The molecule has 5 heteroatoms. The minimum atomic E-state index is -1.14. The molecule has 0 fully saturated rings. The molecule has 0 aromatic heterocycles. The maximum Gasteiger partial charge on any atom is 0.334 e. The fourth-order valence-electron chi connectivity index (χ4n) is 2.01. The predicted molar refractivity (Wildman–Crippen MR) is 63.7 cm³/mol. The Morgan fingerprint density at radius 2 is 1.89 bits per heavy atom. The van der Waals surface area contributed by atoms with E-state index in [1.54, 1.807) is 6.08 Å². The van der Waals surface area contributed by atoms with Crippen molar-refractivity contribution in [1.82, 2.24) is 0 Å². The number of ether oxygens (including phenoxy) is 2. The summed E-state index contributed by atoms with van der Waals surface area (Å²) in [7, 11) is 2.44. The molecule has 0 bridgehead atoms. The second-order valence-electron chi connectivity index (χ2n) is 4.17. The van der Waals surface area contributed by atoms with E-state index in [-0.39, 0.29) is 17.8 Å². The molecule has 1 rings (SSSR count). The molecule has 0 spiro atoms. The van der Waals surface area contributed by atoms with E-state index in [0.29, 0.717) is 6.42 Å². The summed E-state index contributed by atoms with van der Waals surface area (Å²) in [5, 5.41) is 0. The van der Waals surface area contributed by atoms with Crippen LogP contribution in [0.4, 0.5) is 0 Å². The predicted octanol–water partition coefficient (Wildman–Crippen LogP) is 1.41. The number of allylic oxidation sites excluding steroid dienone is 1. The van der Waals surface area contributed by atoms with E-state index in [1.165, 1.54) is 14.2 Å². The van der Waals surface area contributed by atoms with Crippen LogP contribution in [0, 0.1) is 5.92 Å². The first-order valence-electron chi connectivity index (χ1n) is 6.00. The highest BCUT2D eigenvalue weighted by molar-refractivity contribution is 6.09. The van der Waals surface area contributed by atoms with Crippen LogP contribution in [0.1, 0.15) is 32.1 Å². The van der Waals surface area contributed by atoms with E-state index < -0.39 is 17.9 Å². The van der Waals surface area contributed by atoms with Crippen molar-refractivity contribution in [2.45, 2.75) is 32.1 Å². The number of hydrogen-bond acceptors (Lipinski definition) is 5. The molecule has 0 heterocycles. The number of rotatable bonds is 2. The Hall–Kier alpha value is -1.65. The topological polar surface area (TPSA) is 69.7 Å². The van der Waals surface area contributed by atoms with E-state index in [0.717, 1.165) is 19.3 Å². The molecular formula is C13H18O5. The zero-order valence-corrected chi connectivity index (χ0v) is 10.7. The Morgan fingerprint density at radius 3 is 2.50 bits per heavy atom. The Balaban J connectivity index is 3.10. The molecule has 18 heavy (non-hydrogen) atoms. The number of carbonyl (C=O) groups is 3. The molecule has 0 saturated carbocycles. The van der Waals surface area contributed by atoms with Gasteiger partial charge in [0.25, 0.3) is 0 Å². The molecule has 0 N–H and O–H groups in total. The average molecular weight is 254 g/mol. The Labute approximate surface area is 106 Å². The summed E-state index contributed by atoms with van der Waals surface area (Å²) in [6.45, 7) is 0. The minimum Gasteiger partial charge on any atom is -0.468 e. The third kappa shape index (κ3) is 3.42. The lowest BCUT2D eigenvalue weighted by Crippen LogP contribution is -2.30. The Bertz CT molecular complexity index is 370. The van der Waals surface area contributed by atoms with Crippen molar-refractivity contribution in [3.63, 3.8) is 0 Å². The van der Waals surface area contributed by atoms with E-state index in [2.05, 4.69) is 9.47 Å². The van der Waals surface area contributed by atoms with Crippen LogP contribution in [0.25, 0.3) is 0 Å². The summed E-state index contributed by atoms with van der Waals surface area (Å²) in [5.41, 5.74) is 0.108. The van der Waals surface area contributed by atoms with Crippen molar-refractivity contribution in [3.05, 3.63) is 11.6 Å². The first-order chi connectivity index (χ1) is 8.61. The molecular weight excluding hydrogens is 236 g/mol. The molecule has 5 nitrogen and oxygen atoms in total. The van der Waals surface area contributed by atoms with Gasteiger partial charge < -0.3 is 9.47 Å². The SMILES string of the molecule is COC(=O)/C1=C\CCCCCC(=O)[C@H]1C(=O)OC. The summed E-state index contributed by atoms with van der Waals surface area (Å²) in [6.07, 6.45) is 5.09. The number of methoxy groups -OCH3 is 2. The number of carbonyl (C=O) groups excluding carboxylic acids is 3. The number of hydrogen-bond donors (Lipinski definition) is 0. The lowest BCUT2D eigenvalue weighted by molar-refractivity contribution is -0.151. The molecule has 1 atom stereocenters. The molecule has 1 aliphatic rings. The highest BCUT2D eigenvalue weighted by Gasteiger charge is 2.35. The van der Waals surface area contributed by atoms with Crippen LogP contribution in [0.15, 0.2) is 11.6 Å². The number of ketones is 1. The fraction of sp³-hybridized carbons (Fsp3) is 0.615. The average Bonchev–Trinajstić information content (AvgIpc) is 2.47. The molecule has 0 unspecified atom stereocenters. The highest BCUT2D eigenvalue weighted by atomic mass is 16.5. The highest BCUT2D eigenvalue weighted by Crippen LogP contribution is 2.22. The Morgan fingerprint density at radius 1 is 1.17 bits per heavy atom. The third-order valence-corrected chi connectivity index (χ3v) is 2.98. The van der Waals surface area contributed by atoms with Crippen molar-refractivity contribution in [3.8, 4) is 0 Å². The second kappa shape index (κ2) is 6.93. The molecule has 100 valence electrons. The molecule has 0 aromatic rings. The van der Waals surface area contributed by atoms with Crippen LogP contribution in [-0.4, -0.2) is 31.9 Å². The van der Waals surface area contributed by atoms with Gasteiger partial charge >= 0.3 is 11.9 Å². The summed E-state index contributed by atoms with van der Waals surface area (Å²) >= 11 is 0. The second-order valence-corrected chi connectivity index (χ2v) is 4.17. The van der Waals surface area contributed by atoms with Gasteiger partial charge in [0.05, 0.1) is 19.8 Å². The fourth-order valence-corrected chi connectivity index (χ4v) is 2.01. The van der Waals surface area contributed by atoms with Gasteiger partial charge in [0.15, 0.2) is 5.78 Å². The lowest BCUT2D eigenvalue weighted by Gasteiger charge is -2.15. The summed E-state index contributed by atoms with van der Waals surface area (Å²) < 4.78 is 9.25. The molecule has 0 saturated heterocycles. The van der Waals surface area contributed by atoms with Crippen LogP contribution in [0.5, 0.6) is 0 Å². The van der Waals surface area contributed by atoms with Crippen LogP contribution in [0.2, 0.25) is 0 Å². The zero-order chi connectivity index (χ0) is 13.5. The summed E-state index contributed by atoms with van der Waals surface area (Å²) in [6, 6.07) is 0. The van der Waals surface area contributed by atoms with E-state index in [9.17, 15) is 14.4 Å².